The molecule has 1 atom stereocenters. The number of urea groups is 1. The highest BCUT2D eigenvalue weighted by Crippen LogP contribution is 2.28. The lowest BCUT2D eigenvalue weighted by Crippen LogP contribution is -2.45. The number of nitrogens with one attached hydrogen (secondary N) is 2. The maximum Gasteiger partial charge on any atom is 0.340 e. The second-order valence-electron chi connectivity index (χ2n) is 9.65. The third-order valence-corrected chi connectivity index (χ3v) is 6.78. The molecule has 0 radical (unpaired) electrons. The molecule has 1 aliphatic heterocycles. The van der Waals surface area contributed by atoms with Crippen LogP contribution in [-0.4, -0.2) is 48.8 Å². The molecular weight excluding hydrogens is 501 g/mol. The molecule has 202 valence electrons. The van der Waals surface area contributed by atoms with E-state index in [9.17, 15) is 23.6 Å². The minimum Gasteiger partial charge on any atom is -0.465 e. The molecule has 0 aromatic heterocycles. The van der Waals surface area contributed by atoms with Gasteiger partial charge in [-0.15, -0.1) is 0 Å². The Hall–Kier alpha value is -4.53. The Morgan fingerprint density at radius 3 is 2.26 bits per heavy atom. The van der Waals surface area contributed by atoms with Crippen LogP contribution in [0, 0.1) is 5.82 Å². The number of carbonyl (C=O) groups excluding carboxylic acids is 4. The van der Waals surface area contributed by atoms with Crippen LogP contribution < -0.4 is 10.6 Å². The van der Waals surface area contributed by atoms with Crippen LogP contribution in [-0.2, 0) is 9.53 Å². The van der Waals surface area contributed by atoms with Crippen molar-refractivity contribution in [3.05, 3.63) is 83.2 Å². The monoisotopic (exact) mass is 531 g/mol. The molecule has 39 heavy (non-hydrogen) atoms. The number of halogens is 1. The van der Waals surface area contributed by atoms with Crippen molar-refractivity contribution in [3.63, 3.8) is 0 Å². The predicted octanol–water partition coefficient (Wildman–Crippen LogP) is 5.85. The zero-order valence-electron chi connectivity index (χ0n) is 22.0. The molecule has 3 aromatic rings. The number of amides is 3. The average Bonchev–Trinajstić information content (AvgIpc) is 3.44. The van der Waals surface area contributed by atoms with E-state index >= 15 is 0 Å². The normalized spacial score (nSPS) is 14.7. The van der Waals surface area contributed by atoms with E-state index in [1.165, 1.54) is 10.5 Å². The Morgan fingerprint density at radius 2 is 1.64 bits per heavy atom. The lowest BCUT2D eigenvalue weighted by atomic mass is 9.97. The van der Waals surface area contributed by atoms with Crippen LogP contribution in [0.15, 0.2) is 60.7 Å². The van der Waals surface area contributed by atoms with Crippen molar-refractivity contribution in [2.75, 3.05) is 24.3 Å². The van der Waals surface area contributed by atoms with Crippen molar-refractivity contribution in [2.24, 2.45) is 0 Å². The van der Waals surface area contributed by atoms with Crippen LogP contribution in [0.2, 0.25) is 0 Å². The van der Waals surface area contributed by atoms with E-state index < -0.39 is 17.8 Å². The maximum absolute atomic E-state index is 14.5. The van der Waals surface area contributed by atoms with Crippen molar-refractivity contribution >= 4 is 35.6 Å². The standard InChI is InChI=1S/C30H30FN3O5/c1-18(2)19-6-10-23(11-7-19)33-30(38)34-14-4-5-27(34)28(36)32-22-12-8-20(9-13-22)24-16-26(31)25(29(37)39-3)15-21(24)17-35/h6-13,15-18,27H,4-5,14H2,1-3H3,(H,32,36)(H,33,38)/t27-/m1/s1. The first-order valence-electron chi connectivity index (χ1n) is 12.7. The van der Waals surface area contributed by atoms with Gasteiger partial charge in [0.25, 0.3) is 0 Å². The minimum absolute atomic E-state index is 0.125. The highest BCUT2D eigenvalue weighted by molar-refractivity contribution is 6.00. The number of rotatable bonds is 7. The number of nitrogens with zero attached hydrogens (tertiary/aromatic N) is 1. The van der Waals surface area contributed by atoms with Gasteiger partial charge in [-0.2, -0.15) is 0 Å². The number of likely N-dealkylation sites (tertiary alicyclic amines) is 1. The highest BCUT2D eigenvalue weighted by Gasteiger charge is 2.34. The second kappa shape index (κ2) is 11.9. The fourth-order valence-electron chi connectivity index (χ4n) is 4.59. The molecule has 3 aromatic carbocycles. The van der Waals surface area contributed by atoms with Crippen molar-refractivity contribution in [2.45, 2.75) is 38.6 Å². The average molecular weight is 532 g/mol. The minimum atomic E-state index is -0.876. The lowest BCUT2D eigenvalue weighted by molar-refractivity contribution is -0.119. The van der Waals surface area contributed by atoms with Gasteiger partial charge in [0.15, 0.2) is 6.29 Å². The molecule has 1 fully saturated rings. The molecule has 1 aliphatic rings. The Bertz CT molecular complexity index is 1390. The number of hydrogen-bond acceptors (Lipinski definition) is 5. The van der Waals surface area contributed by atoms with Crippen LogP contribution in [0.3, 0.4) is 0 Å². The van der Waals surface area contributed by atoms with Gasteiger partial charge in [0.05, 0.1) is 12.7 Å². The summed E-state index contributed by atoms with van der Waals surface area (Å²) in [4.78, 5) is 50.9. The Balaban J connectivity index is 1.44. The van der Waals surface area contributed by atoms with Crippen molar-refractivity contribution in [1.82, 2.24) is 4.90 Å². The smallest absolute Gasteiger partial charge is 0.340 e. The molecule has 1 saturated heterocycles. The molecule has 0 bridgehead atoms. The van der Waals surface area contributed by atoms with Gasteiger partial charge in [0.2, 0.25) is 5.91 Å². The largest absolute Gasteiger partial charge is 0.465 e. The van der Waals surface area contributed by atoms with Gasteiger partial charge in [0, 0.05) is 23.5 Å². The Labute approximate surface area is 226 Å². The van der Waals surface area contributed by atoms with Gasteiger partial charge in [-0.1, -0.05) is 38.1 Å². The molecule has 0 spiro atoms. The quantitative estimate of drug-likeness (QED) is 0.294. The first-order valence-corrected chi connectivity index (χ1v) is 12.7. The number of methoxy groups -OCH3 is 1. The van der Waals surface area contributed by atoms with Gasteiger partial charge in [-0.05, 0) is 71.8 Å². The van der Waals surface area contributed by atoms with Gasteiger partial charge < -0.3 is 20.3 Å². The van der Waals surface area contributed by atoms with E-state index in [0.29, 0.717) is 54.1 Å². The third-order valence-electron chi connectivity index (χ3n) is 6.78. The third kappa shape index (κ3) is 6.14. The molecule has 4 rings (SSSR count). The van der Waals surface area contributed by atoms with E-state index in [1.807, 2.05) is 24.3 Å². The summed E-state index contributed by atoms with van der Waals surface area (Å²) >= 11 is 0. The number of hydrogen-bond donors (Lipinski definition) is 2. The second-order valence-corrected chi connectivity index (χ2v) is 9.65. The van der Waals surface area contributed by atoms with E-state index in [0.717, 1.165) is 19.2 Å². The summed E-state index contributed by atoms with van der Waals surface area (Å²) in [6.45, 7) is 4.66. The number of esters is 1. The molecule has 8 nitrogen and oxygen atoms in total. The summed E-state index contributed by atoms with van der Waals surface area (Å²) in [6, 6.07) is 15.5. The summed E-state index contributed by atoms with van der Waals surface area (Å²) < 4.78 is 19.0. The lowest BCUT2D eigenvalue weighted by Gasteiger charge is -2.24. The fourth-order valence-corrected chi connectivity index (χ4v) is 4.59. The number of carbonyl (C=O) groups is 4. The summed E-state index contributed by atoms with van der Waals surface area (Å²) in [7, 11) is 1.13. The maximum atomic E-state index is 14.5. The molecule has 0 aliphatic carbocycles. The molecular formula is C30H30FN3O5. The number of ether oxygens (including phenoxy) is 1. The van der Waals surface area contributed by atoms with Gasteiger partial charge >= 0.3 is 12.0 Å². The fraction of sp³-hybridized carbons (Fsp3) is 0.267. The first kappa shape index (κ1) is 27.5. The van der Waals surface area contributed by atoms with E-state index in [2.05, 4.69) is 29.2 Å². The van der Waals surface area contributed by atoms with Crippen molar-refractivity contribution in [1.29, 1.82) is 0 Å². The molecule has 2 N–H and O–H groups in total. The van der Waals surface area contributed by atoms with Crippen molar-refractivity contribution in [3.8, 4) is 11.1 Å². The SMILES string of the molecule is COC(=O)c1cc(C=O)c(-c2ccc(NC(=O)[C@H]3CCCN3C(=O)Nc3ccc(C(C)C)cc3)cc2)cc1F. The Kier molecular flexibility index (Phi) is 8.39. The van der Waals surface area contributed by atoms with E-state index in [1.54, 1.807) is 24.3 Å². The van der Waals surface area contributed by atoms with Gasteiger partial charge in [0.1, 0.15) is 11.9 Å². The zero-order chi connectivity index (χ0) is 28.1. The van der Waals surface area contributed by atoms with Crippen LogP contribution in [0.4, 0.5) is 20.6 Å². The van der Waals surface area contributed by atoms with Crippen LogP contribution in [0.5, 0.6) is 0 Å². The summed E-state index contributed by atoms with van der Waals surface area (Å²) in [6.07, 6.45) is 1.78. The molecule has 9 heteroatoms. The summed E-state index contributed by atoms with van der Waals surface area (Å²) in [5.41, 5.74) is 2.94. The number of aldehydes is 1. The molecule has 1 heterocycles. The van der Waals surface area contributed by atoms with Gasteiger partial charge in [-0.3, -0.25) is 9.59 Å². The first-order chi connectivity index (χ1) is 18.7. The summed E-state index contributed by atoms with van der Waals surface area (Å²) in [5.74, 6) is -1.61. The Morgan fingerprint density at radius 1 is 1.00 bits per heavy atom. The predicted molar refractivity (Wildman–Crippen MR) is 146 cm³/mol. The molecule has 0 saturated carbocycles. The number of benzene rings is 3. The van der Waals surface area contributed by atoms with Crippen LogP contribution in [0.1, 0.15) is 58.9 Å². The van der Waals surface area contributed by atoms with Crippen LogP contribution >= 0.6 is 0 Å². The van der Waals surface area contributed by atoms with Crippen LogP contribution in [0.25, 0.3) is 11.1 Å². The van der Waals surface area contributed by atoms with Crippen molar-refractivity contribution < 1.29 is 28.3 Å². The number of anilines is 2. The van der Waals surface area contributed by atoms with E-state index in [4.69, 9.17) is 0 Å². The van der Waals surface area contributed by atoms with E-state index in [-0.39, 0.29) is 23.1 Å². The van der Waals surface area contributed by atoms with Gasteiger partial charge in [-0.25, -0.2) is 14.0 Å². The highest BCUT2D eigenvalue weighted by atomic mass is 19.1. The topological polar surface area (TPSA) is 105 Å². The molecule has 0 unspecified atom stereocenters. The zero-order valence-corrected chi connectivity index (χ0v) is 22.0. The molecule has 3 amide bonds. The summed E-state index contributed by atoms with van der Waals surface area (Å²) in [5, 5.41) is 5.71.